The second kappa shape index (κ2) is 10.3. The van der Waals surface area contributed by atoms with Gasteiger partial charge in [-0.1, -0.05) is 77.9 Å². The molecule has 4 nitrogen and oxygen atoms in total. The number of benzene rings is 4. The largest absolute Gasteiger partial charge is 0.507 e. The normalized spacial score (nSPS) is 10.8. The summed E-state index contributed by atoms with van der Waals surface area (Å²) in [5, 5.41) is 11.1. The molecule has 6 rings (SSSR count). The van der Waals surface area contributed by atoms with Crippen LogP contribution in [0.15, 0.2) is 114 Å². The molecule has 0 aliphatic carbocycles. The third-order valence-electron chi connectivity index (χ3n) is 6.03. The number of oxazole rings is 1. The fourth-order valence-electron chi connectivity index (χ4n) is 4.30. The van der Waals surface area contributed by atoms with Crippen molar-refractivity contribution < 1.29 is 30.6 Å². The molecule has 36 heavy (non-hydrogen) atoms. The topological polar surface area (TPSA) is 59.2 Å². The van der Waals surface area contributed by atoms with E-state index >= 15 is 0 Å². The van der Waals surface area contributed by atoms with Gasteiger partial charge in [-0.3, -0.25) is 4.98 Å². The van der Waals surface area contributed by atoms with Crippen LogP contribution in [-0.4, -0.2) is 15.1 Å². The maximum absolute atomic E-state index is 11.1. The minimum absolute atomic E-state index is 0. The van der Waals surface area contributed by atoms with Crippen molar-refractivity contribution in [1.82, 2.24) is 9.97 Å². The third kappa shape index (κ3) is 4.60. The third-order valence-corrected chi connectivity index (χ3v) is 6.03. The molecular weight excluding hydrogens is 627 g/mol. The zero-order chi connectivity index (χ0) is 23.6. The molecule has 5 heteroatoms. The fraction of sp³-hybridized carbons (Fsp3) is 0.0323. The molecule has 4 aromatic carbocycles. The number of nitrogens with zero attached hydrogens (tertiary/aromatic N) is 2. The summed E-state index contributed by atoms with van der Waals surface area (Å²) in [7, 11) is 0. The van der Waals surface area contributed by atoms with E-state index < -0.39 is 0 Å². The molecule has 0 unspecified atom stereocenters. The van der Waals surface area contributed by atoms with Gasteiger partial charge in [0, 0.05) is 39.4 Å². The van der Waals surface area contributed by atoms with Crippen molar-refractivity contribution in [1.29, 1.82) is 0 Å². The number of hydrogen-bond donors (Lipinski definition) is 1. The first-order chi connectivity index (χ1) is 17.3. The van der Waals surface area contributed by atoms with Crippen molar-refractivity contribution in [2.24, 2.45) is 0 Å². The number of fused-ring (bicyclic) bond motifs is 1. The summed E-state index contributed by atoms with van der Waals surface area (Å²) < 4.78 is 6.12. The Morgan fingerprint density at radius 1 is 0.722 bits per heavy atom. The van der Waals surface area contributed by atoms with Crippen molar-refractivity contribution in [2.75, 3.05) is 0 Å². The van der Waals surface area contributed by atoms with Crippen LogP contribution in [-0.2, 0) is 27.5 Å². The van der Waals surface area contributed by atoms with E-state index in [-0.39, 0.29) is 26.8 Å². The Morgan fingerprint density at radius 2 is 1.47 bits per heavy atom. The van der Waals surface area contributed by atoms with Gasteiger partial charge in [-0.25, -0.2) is 4.98 Å². The number of rotatable bonds is 5. The number of aromatic nitrogens is 2. The SMILES string of the molecule is Oc1c(Cc2ccccc2)cccc1-c1nc2c(-c3[c-]c(-c4ccccn4)ccc3)cccc2o1.[Pt]. The van der Waals surface area contributed by atoms with Crippen LogP contribution in [0.4, 0.5) is 0 Å². The van der Waals surface area contributed by atoms with Gasteiger partial charge in [-0.15, -0.1) is 29.8 Å². The summed E-state index contributed by atoms with van der Waals surface area (Å²) in [6.45, 7) is 0. The summed E-state index contributed by atoms with van der Waals surface area (Å²) in [5.74, 6) is 0.578. The summed E-state index contributed by atoms with van der Waals surface area (Å²) >= 11 is 0. The van der Waals surface area contributed by atoms with E-state index in [9.17, 15) is 5.11 Å². The number of aromatic hydroxyl groups is 1. The number of para-hydroxylation sites is 2. The van der Waals surface area contributed by atoms with E-state index in [0.29, 0.717) is 23.5 Å². The van der Waals surface area contributed by atoms with Crippen LogP contribution in [0, 0.1) is 6.07 Å². The van der Waals surface area contributed by atoms with Crippen LogP contribution in [0.25, 0.3) is 44.9 Å². The molecule has 0 fully saturated rings. The van der Waals surface area contributed by atoms with E-state index in [1.54, 1.807) is 6.20 Å². The fourth-order valence-corrected chi connectivity index (χ4v) is 4.30. The van der Waals surface area contributed by atoms with Gasteiger partial charge in [0.2, 0.25) is 5.89 Å². The molecule has 0 saturated heterocycles. The van der Waals surface area contributed by atoms with Gasteiger partial charge in [0.1, 0.15) is 11.3 Å². The Hall–Kier alpha value is -4.01. The van der Waals surface area contributed by atoms with Gasteiger partial charge in [-0.2, -0.15) is 0 Å². The van der Waals surface area contributed by atoms with Gasteiger partial charge < -0.3 is 9.52 Å². The number of pyridine rings is 1. The van der Waals surface area contributed by atoms with Crippen LogP contribution in [0.3, 0.4) is 0 Å². The zero-order valence-corrected chi connectivity index (χ0v) is 21.4. The van der Waals surface area contributed by atoms with E-state index in [1.807, 2.05) is 103 Å². The monoisotopic (exact) mass is 648 g/mol. The maximum atomic E-state index is 11.1. The molecular formula is C31H21N2O2Pt-. The van der Waals surface area contributed by atoms with Crippen LogP contribution in [0.2, 0.25) is 0 Å². The van der Waals surface area contributed by atoms with Crippen molar-refractivity contribution >= 4 is 11.1 Å². The van der Waals surface area contributed by atoms with Crippen molar-refractivity contribution in [2.45, 2.75) is 6.42 Å². The van der Waals surface area contributed by atoms with E-state index in [0.717, 1.165) is 39.0 Å². The van der Waals surface area contributed by atoms with E-state index in [4.69, 9.17) is 9.40 Å². The molecule has 0 atom stereocenters. The summed E-state index contributed by atoms with van der Waals surface area (Å²) in [5.41, 5.74) is 7.50. The molecule has 0 aliphatic heterocycles. The van der Waals surface area contributed by atoms with Crippen LogP contribution >= 0.6 is 0 Å². The number of phenols is 1. The Balaban J connectivity index is 0.00000267. The number of phenolic OH excluding ortho intramolecular Hbond substituents is 1. The molecule has 0 saturated carbocycles. The minimum Gasteiger partial charge on any atom is -0.507 e. The molecule has 0 bridgehead atoms. The molecule has 0 amide bonds. The molecule has 178 valence electrons. The van der Waals surface area contributed by atoms with E-state index in [1.165, 1.54) is 0 Å². The molecule has 0 spiro atoms. The maximum Gasteiger partial charge on any atom is 0.230 e. The van der Waals surface area contributed by atoms with Crippen LogP contribution < -0.4 is 0 Å². The van der Waals surface area contributed by atoms with Gasteiger partial charge >= 0.3 is 0 Å². The Kier molecular flexibility index (Phi) is 6.79. The van der Waals surface area contributed by atoms with Crippen molar-refractivity contribution in [3.05, 3.63) is 127 Å². The second-order valence-corrected chi connectivity index (χ2v) is 8.34. The van der Waals surface area contributed by atoms with Crippen molar-refractivity contribution in [3.63, 3.8) is 0 Å². The Labute approximate surface area is 223 Å². The molecule has 6 aromatic rings. The summed E-state index contributed by atoms with van der Waals surface area (Å²) in [6, 6.07) is 36.9. The molecule has 2 aromatic heterocycles. The second-order valence-electron chi connectivity index (χ2n) is 8.34. The standard InChI is InChI=1S/C31H21N2O2.Pt/c34-30-24(19-21-9-2-1-3-10-21)13-7-15-26(30)31-33-29-25(14-8-17-28(29)35-31)22-11-6-12-23(20-22)27-16-4-5-18-32-27;/h1-18,34H,19H2;/q-1;. The van der Waals surface area contributed by atoms with Crippen LogP contribution in [0.5, 0.6) is 5.75 Å². The van der Waals surface area contributed by atoms with Gasteiger partial charge in [0.05, 0.1) is 11.1 Å². The van der Waals surface area contributed by atoms with Gasteiger partial charge in [0.25, 0.3) is 0 Å². The molecule has 0 aliphatic rings. The first-order valence-electron chi connectivity index (χ1n) is 11.4. The van der Waals surface area contributed by atoms with Gasteiger partial charge in [0.15, 0.2) is 0 Å². The number of hydrogen-bond acceptors (Lipinski definition) is 4. The predicted octanol–water partition coefficient (Wildman–Crippen LogP) is 7.32. The van der Waals surface area contributed by atoms with E-state index in [2.05, 4.69) is 11.1 Å². The summed E-state index contributed by atoms with van der Waals surface area (Å²) in [4.78, 5) is 9.25. The molecule has 2 heterocycles. The minimum atomic E-state index is 0. The quantitative estimate of drug-likeness (QED) is 0.199. The average molecular weight is 649 g/mol. The van der Waals surface area contributed by atoms with Crippen molar-refractivity contribution in [3.8, 4) is 39.6 Å². The Morgan fingerprint density at radius 3 is 2.31 bits per heavy atom. The molecule has 0 radical (unpaired) electrons. The predicted molar refractivity (Wildman–Crippen MR) is 138 cm³/mol. The average Bonchev–Trinajstić information content (AvgIpc) is 3.35. The first kappa shape index (κ1) is 23.7. The van der Waals surface area contributed by atoms with Crippen LogP contribution in [0.1, 0.15) is 11.1 Å². The summed E-state index contributed by atoms with van der Waals surface area (Å²) in [6.07, 6.45) is 2.40. The zero-order valence-electron chi connectivity index (χ0n) is 19.2. The van der Waals surface area contributed by atoms with Gasteiger partial charge in [-0.05, 0) is 29.3 Å². The Bertz CT molecular complexity index is 1630. The smallest absolute Gasteiger partial charge is 0.230 e. The first-order valence-corrected chi connectivity index (χ1v) is 11.4. The molecule has 1 N–H and O–H groups in total.